The molecule has 0 saturated carbocycles. The quantitative estimate of drug-likeness (QED) is 0.350. The van der Waals surface area contributed by atoms with Crippen LogP contribution in [0.2, 0.25) is 5.15 Å². The monoisotopic (exact) mass is 254 g/mol. The molecular weight excluding hydrogens is 248 g/mol. The maximum atomic E-state index is 11.8. The summed E-state index contributed by atoms with van der Waals surface area (Å²) >= 11 is 5.56. The summed E-state index contributed by atoms with van der Waals surface area (Å²) < 4.78 is 0. The van der Waals surface area contributed by atoms with Gasteiger partial charge >= 0.3 is 5.69 Å². The minimum atomic E-state index is -0.775. The number of rotatable bonds is 3. The van der Waals surface area contributed by atoms with Gasteiger partial charge in [0.05, 0.1) is 11.0 Å². The first-order valence-electron chi connectivity index (χ1n) is 4.40. The lowest BCUT2D eigenvalue weighted by atomic mass is 10.2. The lowest BCUT2D eigenvalue weighted by Gasteiger charge is -2.12. The zero-order valence-electron chi connectivity index (χ0n) is 8.75. The van der Waals surface area contributed by atoms with Crippen molar-refractivity contribution in [1.29, 1.82) is 5.26 Å². The van der Waals surface area contributed by atoms with Gasteiger partial charge in [0.2, 0.25) is 5.15 Å². The SMILES string of the molecule is CN(CC#N)C(=O)c1ccnc(Cl)c1[N+](=O)[O-]. The largest absolute Gasteiger partial charge is 0.328 e. The Hall–Kier alpha value is -2.20. The molecule has 0 radical (unpaired) electrons. The first-order chi connectivity index (χ1) is 7.99. The number of hydrogen-bond acceptors (Lipinski definition) is 5. The Kier molecular flexibility index (Phi) is 3.96. The van der Waals surface area contributed by atoms with E-state index in [0.29, 0.717) is 0 Å². The summed E-state index contributed by atoms with van der Waals surface area (Å²) in [6.45, 7) is -0.171. The average Bonchev–Trinajstić information content (AvgIpc) is 2.27. The highest BCUT2D eigenvalue weighted by atomic mass is 35.5. The van der Waals surface area contributed by atoms with Gasteiger partial charge in [0.25, 0.3) is 5.91 Å². The van der Waals surface area contributed by atoms with Crippen LogP contribution in [-0.4, -0.2) is 34.3 Å². The third kappa shape index (κ3) is 2.68. The highest BCUT2D eigenvalue weighted by Gasteiger charge is 2.26. The summed E-state index contributed by atoms with van der Waals surface area (Å²) in [6.07, 6.45) is 1.20. The Balaban J connectivity index is 3.23. The molecule has 0 N–H and O–H groups in total. The van der Waals surface area contributed by atoms with E-state index in [1.807, 2.05) is 0 Å². The van der Waals surface area contributed by atoms with Crippen LogP contribution in [0.15, 0.2) is 12.3 Å². The fourth-order valence-electron chi connectivity index (χ4n) is 1.16. The third-order valence-corrected chi connectivity index (χ3v) is 2.22. The molecule has 7 nitrogen and oxygen atoms in total. The molecule has 0 unspecified atom stereocenters. The molecule has 0 aromatic carbocycles. The molecule has 0 aliphatic carbocycles. The standard InChI is InChI=1S/C9H7ClN4O3/c1-13(5-3-11)9(15)6-2-4-12-8(10)7(6)14(16)17/h2,4H,5H2,1H3. The number of nitrogens with zero attached hydrogens (tertiary/aromatic N) is 4. The van der Waals surface area contributed by atoms with Crippen LogP contribution < -0.4 is 0 Å². The molecule has 0 spiro atoms. The van der Waals surface area contributed by atoms with E-state index in [1.165, 1.54) is 19.3 Å². The van der Waals surface area contributed by atoms with E-state index in [-0.39, 0.29) is 17.3 Å². The lowest BCUT2D eigenvalue weighted by molar-refractivity contribution is -0.385. The van der Waals surface area contributed by atoms with Gasteiger partial charge in [-0.05, 0) is 6.07 Å². The van der Waals surface area contributed by atoms with Gasteiger partial charge in [-0.3, -0.25) is 14.9 Å². The predicted octanol–water partition coefficient (Wildman–Crippen LogP) is 1.24. The molecule has 0 fully saturated rings. The summed E-state index contributed by atoms with van der Waals surface area (Å²) in [6, 6.07) is 2.96. The van der Waals surface area contributed by atoms with Crippen LogP contribution in [0.25, 0.3) is 0 Å². The minimum Gasteiger partial charge on any atom is -0.328 e. The molecule has 8 heteroatoms. The second-order valence-corrected chi connectivity index (χ2v) is 3.43. The van der Waals surface area contributed by atoms with E-state index in [4.69, 9.17) is 16.9 Å². The number of nitriles is 1. The van der Waals surface area contributed by atoms with Gasteiger partial charge < -0.3 is 4.90 Å². The molecule has 0 bridgehead atoms. The van der Waals surface area contributed by atoms with Gasteiger partial charge in [-0.2, -0.15) is 5.26 Å². The summed E-state index contributed by atoms with van der Waals surface area (Å²) in [4.78, 5) is 26.4. The fraction of sp³-hybridized carbons (Fsp3) is 0.222. The molecule has 0 aliphatic rings. The molecule has 88 valence electrons. The van der Waals surface area contributed by atoms with Crippen LogP contribution >= 0.6 is 11.6 Å². The molecule has 17 heavy (non-hydrogen) atoms. The highest BCUT2D eigenvalue weighted by Crippen LogP contribution is 2.26. The number of carbonyl (C=O) groups excluding carboxylic acids is 1. The average molecular weight is 255 g/mol. The van der Waals surface area contributed by atoms with Crippen molar-refractivity contribution in [3.63, 3.8) is 0 Å². The molecular formula is C9H7ClN4O3. The predicted molar refractivity (Wildman–Crippen MR) is 58.5 cm³/mol. The van der Waals surface area contributed by atoms with Crippen molar-refractivity contribution in [1.82, 2.24) is 9.88 Å². The first-order valence-corrected chi connectivity index (χ1v) is 4.78. The Bertz CT molecular complexity index is 511. The van der Waals surface area contributed by atoms with Crippen molar-refractivity contribution in [2.45, 2.75) is 0 Å². The van der Waals surface area contributed by atoms with Crippen LogP contribution in [0.3, 0.4) is 0 Å². The van der Waals surface area contributed by atoms with Gasteiger partial charge in [-0.15, -0.1) is 0 Å². The van der Waals surface area contributed by atoms with E-state index >= 15 is 0 Å². The van der Waals surface area contributed by atoms with Gasteiger partial charge in [0.15, 0.2) is 0 Å². The summed E-state index contributed by atoms with van der Waals surface area (Å²) in [7, 11) is 1.36. The summed E-state index contributed by atoms with van der Waals surface area (Å²) in [5.74, 6) is -0.650. The molecule has 0 atom stereocenters. The maximum absolute atomic E-state index is 11.8. The highest BCUT2D eigenvalue weighted by molar-refractivity contribution is 6.32. The second-order valence-electron chi connectivity index (χ2n) is 3.07. The Morgan fingerprint density at radius 2 is 2.41 bits per heavy atom. The van der Waals surface area contributed by atoms with E-state index in [9.17, 15) is 14.9 Å². The summed E-state index contributed by atoms with van der Waals surface area (Å²) in [5.41, 5.74) is -0.739. The van der Waals surface area contributed by atoms with Crippen molar-refractivity contribution in [3.05, 3.63) is 33.1 Å². The number of pyridine rings is 1. The number of aromatic nitrogens is 1. The smallest absolute Gasteiger partial charge is 0.319 e. The molecule has 0 aliphatic heterocycles. The first kappa shape index (κ1) is 12.9. The summed E-state index contributed by atoms with van der Waals surface area (Å²) in [5, 5.41) is 18.9. The number of carbonyl (C=O) groups is 1. The molecule has 1 aromatic rings. The van der Waals surface area contributed by atoms with Gasteiger partial charge in [-0.1, -0.05) is 11.6 Å². The van der Waals surface area contributed by atoms with Crippen molar-refractivity contribution >= 4 is 23.2 Å². The normalized spacial score (nSPS) is 9.47. The fourth-order valence-corrected chi connectivity index (χ4v) is 1.39. The maximum Gasteiger partial charge on any atom is 0.319 e. The third-order valence-electron chi connectivity index (χ3n) is 1.95. The van der Waals surface area contributed by atoms with Crippen molar-refractivity contribution in [2.75, 3.05) is 13.6 Å². The van der Waals surface area contributed by atoms with Crippen molar-refractivity contribution in [3.8, 4) is 6.07 Å². The molecule has 1 aromatic heterocycles. The number of halogens is 1. The zero-order valence-corrected chi connectivity index (χ0v) is 9.51. The number of amides is 1. The van der Waals surface area contributed by atoms with Crippen LogP contribution in [-0.2, 0) is 0 Å². The van der Waals surface area contributed by atoms with Crippen LogP contribution in [0.5, 0.6) is 0 Å². The van der Waals surface area contributed by atoms with E-state index < -0.39 is 16.5 Å². The number of hydrogen-bond donors (Lipinski definition) is 0. The van der Waals surface area contributed by atoms with Crippen molar-refractivity contribution in [2.24, 2.45) is 0 Å². The van der Waals surface area contributed by atoms with Crippen LogP contribution in [0.4, 0.5) is 5.69 Å². The van der Waals surface area contributed by atoms with Gasteiger partial charge in [0, 0.05) is 13.2 Å². The van der Waals surface area contributed by atoms with E-state index in [2.05, 4.69) is 4.98 Å². The Morgan fingerprint density at radius 3 is 2.94 bits per heavy atom. The Morgan fingerprint density at radius 1 is 1.76 bits per heavy atom. The minimum absolute atomic E-state index is 0.171. The van der Waals surface area contributed by atoms with Gasteiger partial charge in [0.1, 0.15) is 12.1 Å². The van der Waals surface area contributed by atoms with Gasteiger partial charge in [-0.25, -0.2) is 4.98 Å². The number of nitro groups is 1. The van der Waals surface area contributed by atoms with E-state index in [0.717, 1.165) is 4.90 Å². The topological polar surface area (TPSA) is 100 Å². The molecule has 1 rings (SSSR count). The van der Waals surface area contributed by atoms with E-state index in [1.54, 1.807) is 6.07 Å². The molecule has 1 amide bonds. The Labute approximate surface area is 101 Å². The second kappa shape index (κ2) is 5.23. The zero-order chi connectivity index (χ0) is 13.0. The van der Waals surface area contributed by atoms with Crippen LogP contribution in [0.1, 0.15) is 10.4 Å². The van der Waals surface area contributed by atoms with Crippen molar-refractivity contribution < 1.29 is 9.72 Å². The molecule has 1 heterocycles. The molecule has 0 saturated heterocycles. The van der Waals surface area contributed by atoms with Crippen LogP contribution in [0, 0.1) is 21.4 Å². The lowest BCUT2D eigenvalue weighted by Crippen LogP contribution is -2.27.